The lowest BCUT2D eigenvalue weighted by Crippen LogP contribution is -1.92. The van der Waals surface area contributed by atoms with E-state index in [1.54, 1.807) is 0 Å². The molecule has 1 heterocycles. The van der Waals surface area contributed by atoms with E-state index in [1.165, 1.54) is 0 Å². The first-order valence-electron chi connectivity index (χ1n) is 3.72. The van der Waals surface area contributed by atoms with Crippen LogP contribution < -0.4 is 0 Å². The van der Waals surface area contributed by atoms with Crippen molar-refractivity contribution in [1.29, 1.82) is 0 Å². The lowest BCUT2D eigenvalue weighted by atomic mass is 10.2. The number of aryl methyl sites for hydroxylation is 2. The van der Waals surface area contributed by atoms with Crippen molar-refractivity contribution in [3.05, 3.63) is 17.0 Å². The molecule has 0 aliphatic carbocycles. The van der Waals surface area contributed by atoms with Gasteiger partial charge in [0.2, 0.25) is 0 Å². The Kier molecular flexibility index (Phi) is 2.93. The Morgan fingerprint density at radius 3 is 2.58 bits per heavy atom. The van der Waals surface area contributed by atoms with Crippen molar-refractivity contribution < 1.29 is 0 Å². The first-order valence-corrected chi connectivity index (χ1v) is 4.84. The quantitative estimate of drug-likeness (QED) is 0.488. The van der Waals surface area contributed by atoms with Crippen molar-refractivity contribution in [3.8, 4) is 11.8 Å². The molecule has 64 valence electrons. The second kappa shape index (κ2) is 3.77. The highest BCUT2D eigenvalue weighted by Crippen LogP contribution is 2.09. The van der Waals surface area contributed by atoms with Crippen LogP contribution in [-0.2, 0) is 7.05 Å². The van der Waals surface area contributed by atoms with Crippen LogP contribution in [0.1, 0.15) is 17.0 Å². The summed E-state index contributed by atoms with van der Waals surface area (Å²) < 4.78 is 1.85. The van der Waals surface area contributed by atoms with E-state index >= 15 is 0 Å². The van der Waals surface area contributed by atoms with Crippen LogP contribution in [0.2, 0.25) is 0 Å². The molecule has 0 aliphatic heterocycles. The molecule has 0 saturated carbocycles. The van der Waals surface area contributed by atoms with Crippen molar-refractivity contribution in [2.75, 3.05) is 5.33 Å². The summed E-state index contributed by atoms with van der Waals surface area (Å²) >= 11 is 3.26. The van der Waals surface area contributed by atoms with E-state index in [4.69, 9.17) is 0 Å². The number of halogens is 1. The number of aromatic nitrogens is 2. The highest BCUT2D eigenvalue weighted by atomic mass is 79.9. The third-order valence-electron chi connectivity index (χ3n) is 1.79. The van der Waals surface area contributed by atoms with Crippen LogP contribution in [0.4, 0.5) is 0 Å². The predicted octanol–water partition coefficient (Wildman–Crippen LogP) is 1.78. The van der Waals surface area contributed by atoms with Crippen LogP contribution in [0.25, 0.3) is 0 Å². The van der Waals surface area contributed by atoms with Gasteiger partial charge in [0.05, 0.1) is 22.3 Å². The molecule has 0 aliphatic rings. The average molecular weight is 227 g/mol. The van der Waals surface area contributed by atoms with Gasteiger partial charge < -0.3 is 0 Å². The Morgan fingerprint density at radius 2 is 2.17 bits per heavy atom. The lowest BCUT2D eigenvalue weighted by Gasteiger charge is -1.91. The SMILES string of the molecule is Cc1nn(C)c(C)c1C#CCBr. The van der Waals surface area contributed by atoms with Gasteiger partial charge in [-0.25, -0.2) is 0 Å². The molecule has 1 aromatic heterocycles. The lowest BCUT2D eigenvalue weighted by molar-refractivity contribution is 0.731. The van der Waals surface area contributed by atoms with Crippen LogP contribution >= 0.6 is 15.9 Å². The fourth-order valence-corrected chi connectivity index (χ4v) is 1.22. The minimum atomic E-state index is 0.709. The molecule has 2 nitrogen and oxygen atoms in total. The number of alkyl halides is 1. The second-order valence-corrected chi connectivity index (χ2v) is 3.17. The van der Waals surface area contributed by atoms with Crippen LogP contribution in [-0.4, -0.2) is 15.1 Å². The van der Waals surface area contributed by atoms with Gasteiger partial charge in [0.25, 0.3) is 0 Å². The molecule has 0 saturated heterocycles. The fourth-order valence-electron chi connectivity index (χ4n) is 1.08. The standard InChI is InChI=1S/C9H11BrN2/c1-7-9(5-4-6-10)8(2)12(3)11-7/h6H2,1-3H3. The molecule has 0 fully saturated rings. The van der Waals surface area contributed by atoms with Gasteiger partial charge in [0.1, 0.15) is 0 Å². The van der Waals surface area contributed by atoms with E-state index in [0.717, 1.165) is 17.0 Å². The summed E-state index contributed by atoms with van der Waals surface area (Å²) in [5.74, 6) is 6.04. The number of hydrogen-bond donors (Lipinski definition) is 0. The van der Waals surface area contributed by atoms with Gasteiger partial charge in [-0.3, -0.25) is 4.68 Å². The topological polar surface area (TPSA) is 17.8 Å². The minimum Gasteiger partial charge on any atom is -0.271 e. The van der Waals surface area contributed by atoms with Gasteiger partial charge in [-0.2, -0.15) is 5.10 Å². The Hall–Kier alpha value is -0.750. The van der Waals surface area contributed by atoms with Crippen molar-refractivity contribution >= 4 is 15.9 Å². The summed E-state index contributed by atoms with van der Waals surface area (Å²) in [6.45, 7) is 4.00. The Labute approximate surface area is 81.1 Å². The zero-order valence-electron chi connectivity index (χ0n) is 7.48. The van der Waals surface area contributed by atoms with E-state index in [1.807, 2.05) is 25.6 Å². The summed E-state index contributed by atoms with van der Waals surface area (Å²) in [6, 6.07) is 0. The predicted molar refractivity (Wildman–Crippen MR) is 53.4 cm³/mol. The normalized spacial score (nSPS) is 9.33. The van der Waals surface area contributed by atoms with Crippen molar-refractivity contribution in [1.82, 2.24) is 9.78 Å². The molecule has 0 spiro atoms. The molecule has 0 bridgehead atoms. The maximum Gasteiger partial charge on any atom is 0.0752 e. The Balaban J connectivity index is 3.14. The van der Waals surface area contributed by atoms with Crippen LogP contribution in [0, 0.1) is 25.7 Å². The van der Waals surface area contributed by atoms with Crippen LogP contribution in [0.3, 0.4) is 0 Å². The third-order valence-corrected chi connectivity index (χ3v) is 2.07. The Morgan fingerprint density at radius 1 is 1.50 bits per heavy atom. The molecule has 0 N–H and O–H groups in total. The number of nitrogens with zero attached hydrogens (tertiary/aromatic N) is 2. The van der Waals surface area contributed by atoms with Crippen LogP contribution in [0.5, 0.6) is 0 Å². The molecular formula is C9H11BrN2. The van der Waals surface area contributed by atoms with Gasteiger partial charge in [-0.05, 0) is 13.8 Å². The molecule has 0 amide bonds. The highest BCUT2D eigenvalue weighted by molar-refractivity contribution is 9.09. The number of hydrogen-bond acceptors (Lipinski definition) is 1. The largest absolute Gasteiger partial charge is 0.271 e. The zero-order chi connectivity index (χ0) is 9.14. The molecule has 0 unspecified atom stereocenters. The van der Waals surface area contributed by atoms with Crippen molar-refractivity contribution in [2.24, 2.45) is 7.05 Å². The van der Waals surface area contributed by atoms with E-state index < -0.39 is 0 Å². The first-order chi connectivity index (χ1) is 5.66. The smallest absolute Gasteiger partial charge is 0.0752 e. The van der Waals surface area contributed by atoms with Gasteiger partial charge >= 0.3 is 0 Å². The minimum absolute atomic E-state index is 0.709. The molecule has 0 atom stereocenters. The summed E-state index contributed by atoms with van der Waals surface area (Å²) in [7, 11) is 1.93. The van der Waals surface area contributed by atoms with Gasteiger partial charge in [-0.1, -0.05) is 27.8 Å². The third kappa shape index (κ3) is 1.70. The number of rotatable bonds is 0. The van der Waals surface area contributed by atoms with Crippen LogP contribution in [0.15, 0.2) is 0 Å². The maximum absolute atomic E-state index is 4.26. The average Bonchev–Trinajstić information content (AvgIpc) is 2.25. The zero-order valence-corrected chi connectivity index (χ0v) is 9.07. The maximum atomic E-state index is 4.26. The molecule has 0 radical (unpaired) electrons. The summed E-state index contributed by atoms with van der Waals surface area (Å²) in [5, 5.41) is 4.97. The van der Waals surface area contributed by atoms with E-state index in [-0.39, 0.29) is 0 Å². The van der Waals surface area contributed by atoms with E-state index in [9.17, 15) is 0 Å². The molecule has 3 heteroatoms. The summed E-state index contributed by atoms with van der Waals surface area (Å²) in [5.41, 5.74) is 3.18. The van der Waals surface area contributed by atoms with Gasteiger partial charge in [0, 0.05) is 7.05 Å². The summed E-state index contributed by atoms with van der Waals surface area (Å²) in [6.07, 6.45) is 0. The Bertz CT molecular complexity index is 341. The van der Waals surface area contributed by atoms with Crippen molar-refractivity contribution in [3.63, 3.8) is 0 Å². The van der Waals surface area contributed by atoms with Gasteiger partial charge in [0.15, 0.2) is 0 Å². The van der Waals surface area contributed by atoms with E-state index in [0.29, 0.717) is 5.33 Å². The first kappa shape index (κ1) is 9.34. The molecule has 1 rings (SSSR count). The molecular weight excluding hydrogens is 216 g/mol. The molecule has 1 aromatic rings. The van der Waals surface area contributed by atoms with E-state index in [2.05, 4.69) is 32.9 Å². The summed E-state index contributed by atoms with van der Waals surface area (Å²) in [4.78, 5) is 0. The molecule has 0 aromatic carbocycles. The second-order valence-electron chi connectivity index (χ2n) is 2.60. The monoisotopic (exact) mass is 226 g/mol. The highest BCUT2D eigenvalue weighted by Gasteiger charge is 2.05. The van der Waals surface area contributed by atoms with Crippen molar-refractivity contribution in [2.45, 2.75) is 13.8 Å². The fraction of sp³-hybridized carbons (Fsp3) is 0.444. The van der Waals surface area contributed by atoms with Gasteiger partial charge in [-0.15, -0.1) is 0 Å². The molecule has 12 heavy (non-hydrogen) atoms.